The first-order valence-electron chi connectivity index (χ1n) is 12.2. The van der Waals surface area contributed by atoms with E-state index in [0.717, 1.165) is 0 Å². The molecule has 4 rings (SSSR count). The summed E-state index contributed by atoms with van der Waals surface area (Å²) in [5.41, 5.74) is 24.2. The molecule has 0 bridgehead atoms. The lowest BCUT2D eigenvalue weighted by Gasteiger charge is -2.51. The molecule has 35 heavy (non-hydrogen) atoms. The summed E-state index contributed by atoms with van der Waals surface area (Å²) in [5.74, 6) is 0. The van der Waals surface area contributed by atoms with Crippen molar-refractivity contribution in [2.45, 2.75) is 124 Å². The summed E-state index contributed by atoms with van der Waals surface area (Å²) in [5, 5.41) is 44.8. The molecule has 3 aliphatic heterocycles. The third-order valence-corrected chi connectivity index (χ3v) is 7.63. The van der Waals surface area contributed by atoms with Crippen molar-refractivity contribution in [2.24, 2.45) is 22.9 Å². The minimum absolute atomic E-state index is 0.259. The van der Waals surface area contributed by atoms with Crippen LogP contribution in [-0.2, 0) is 23.7 Å². The fourth-order valence-corrected chi connectivity index (χ4v) is 5.30. The molecule has 13 N–H and O–H groups in total. The van der Waals surface area contributed by atoms with E-state index < -0.39 is 91.9 Å². The van der Waals surface area contributed by atoms with Gasteiger partial charge in [0.1, 0.15) is 24.4 Å². The molecule has 1 aliphatic carbocycles. The van der Waals surface area contributed by atoms with Gasteiger partial charge in [0.2, 0.25) is 0 Å². The quantitative estimate of drug-likeness (QED) is 0.169. The van der Waals surface area contributed by atoms with E-state index in [9.17, 15) is 20.4 Å². The van der Waals surface area contributed by atoms with Gasteiger partial charge in [0.05, 0.1) is 42.5 Å². The molecular weight excluding hydrogens is 466 g/mol. The summed E-state index contributed by atoms with van der Waals surface area (Å²) >= 11 is 0. The van der Waals surface area contributed by atoms with Crippen molar-refractivity contribution in [3.8, 4) is 0 Å². The predicted octanol–water partition coefficient (Wildman–Crippen LogP) is -4.89. The highest BCUT2D eigenvalue weighted by Crippen LogP contribution is 2.35. The second-order valence-electron chi connectivity index (χ2n) is 10.2. The zero-order valence-electron chi connectivity index (χ0n) is 20.0. The van der Waals surface area contributed by atoms with Gasteiger partial charge in [-0.1, -0.05) is 0 Å². The highest BCUT2D eigenvalue weighted by atomic mass is 16.8. The smallest absolute Gasteiger partial charge is 0.189 e. The summed E-state index contributed by atoms with van der Waals surface area (Å²) in [6, 6.07) is -2.94. The lowest BCUT2D eigenvalue weighted by atomic mass is 9.87. The summed E-state index contributed by atoms with van der Waals surface area (Å²) in [6.07, 6.45) is -9.17. The van der Waals surface area contributed by atoms with Gasteiger partial charge in [0, 0.05) is 18.5 Å². The molecule has 14 nitrogen and oxygen atoms in total. The average molecular weight is 508 g/mol. The topological polar surface area (TPSA) is 243 Å². The third-order valence-electron chi connectivity index (χ3n) is 7.63. The third kappa shape index (κ3) is 5.51. The largest absolute Gasteiger partial charge is 0.391 e. The van der Waals surface area contributed by atoms with Crippen LogP contribution in [0.4, 0.5) is 0 Å². The van der Waals surface area contributed by atoms with E-state index in [4.69, 9.17) is 46.6 Å². The molecule has 14 heteroatoms. The standard InChI is InChI=1S/C21H41N5O9/c1-6-13(25)15(28)17(30)21(31-6)35-20-14(26-2)16(29)18-12(33-20)4-9(24)19(34-18)32-11-5-10(27)7(22)3-8(11)23/h6-21,26-30H,3-5,22-25H2,1-2H3/t6?,7-,8?,9?,10?,11+,12+,13-,14?,15+,16?,17?,18?,19+,20?,21-/m1/s1. The van der Waals surface area contributed by atoms with Crippen molar-refractivity contribution in [2.75, 3.05) is 7.05 Å². The van der Waals surface area contributed by atoms with Gasteiger partial charge in [-0.05, 0) is 26.8 Å². The van der Waals surface area contributed by atoms with Crippen molar-refractivity contribution < 1.29 is 44.1 Å². The Labute approximate surface area is 204 Å². The molecule has 3 heterocycles. The molecule has 0 radical (unpaired) electrons. The maximum Gasteiger partial charge on any atom is 0.189 e. The van der Waals surface area contributed by atoms with E-state index >= 15 is 0 Å². The van der Waals surface area contributed by atoms with Gasteiger partial charge in [-0.15, -0.1) is 0 Å². The van der Waals surface area contributed by atoms with Gasteiger partial charge in [0.25, 0.3) is 0 Å². The van der Waals surface area contributed by atoms with Crippen LogP contribution >= 0.6 is 0 Å². The minimum atomic E-state index is -1.40. The van der Waals surface area contributed by atoms with Gasteiger partial charge in [-0.3, -0.25) is 0 Å². The summed E-state index contributed by atoms with van der Waals surface area (Å²) in [4.78, 5) is 0. The van der Waals surface area contributed by atoms with Gasteiger partial charge in [0.15, 0.2) is 18.9 Å². The fraction of sp³-hybridized carbons (Fsp3) is 1.00. The van der Waals surface area contributed by atoms with Crippen molar-refractivity contribution in [3.63, 3.8) is 0 Å². The molecule has 9 unspecified atom stereocenters. The molecule has 4 fully saturated rings. The van der Waals surface area contributed by atoms with Crippen molar-refractivity contribution in [3.05, 3.63) is 0 Å². The number of nitrogens with one attached hydrogen (secondary N) is 1. The number of aliphatic hydroxyl groups excluding tert-OH is 4. The number of nitrogens with two attached hydrogens (primary N) is 4. The van der Waals surface area contributed by atoms with Crippen LogP contribution in [-0.4, -0.2) is 125 Å². The lowest BCUT2D eigenvalue weighted by molar-refractivity contribution is -0.370. The van der Waals surface area contributed by atoms with Gasteiger partial charge < -0.3 is 72.4 Å². The molecule has 1 saturated carbocycles. The zero-order valence-corrected chi connectivity index (χ0v) is 20.0. The molecule has 0 aromatic heterocycles. The lowest BCUT2D eigenvalue weighted by Crippen LogP contribution is -2.69. The zero-order chi connectivity index (χ0) is 25.6. The fourth-order valence-electron chi connectivity index (χ4n) is 5.30. The van der Waals surface area contributed by atoms with E-state index in [-0.39, 0.29) is 18.9 Å². The number of aliphatic hydroxyl groups is 4. The Hall–Kier alpha value is -0.560. The van der Waals surface area contributed by atoms with E-state index in [0.29, 0.717) is 6.42 Å². The van der Waals surface area contributed by atoms with Crippen LogP contribution in [0.15, 0.2) is 0 Å². The Morgan fingerprint density at radius 3 is 2.14 bits per heavy atom. The van der Waals surface area contributed by atoms with Crippen LogP contribution in [0.25, 0.3) is 0 Å². The van der Waals surface area contributed by atoms with E-state index in [1.807, 2.05) is 0 Å². The van der Waals surface area contributed by atoms with Gasteiger partial charge in [-0.2, -0.15) is 0 Å². The molecule has 16 atom stereocenters. The first kappa shape index (κ1) is 27.5. The molecule has 0 spiro atoms. The summed E-state index contributed by atoms with van der Waals surface area (Å²) in [6.45, 7) is 1.66. The van der Waals surface area contributed by atoms with Crippen molar-refractivity contribution in [1.82, 2.24) is 5.32 Å². The molecule has 3 saturated heterocycles. The molecular formula is C21H41N5O9. The Morgan fingerprint density at radius 1 is 0.743 bits per heavy atom. The first-order valence-corrected chi connectivity index (χ1v) is 12.2. The van der Waals surface area contributed by atoms with Crippen LogP contribution in [0.1, 0.15) is 26.2 Å². The maximum atomic E-state index is 11.1. The normalized spacial score (nSPS) is 55.4. The molecule has 0 aromatic carbocycles. The molecule has 204 valence electrons. The van der Waals surface area contributed by atoms with E-state index in [1.165, 1.54) is 0 Å². The Balaban J connectivity index is 1.41. The van der Waals surface area contributed by atoms with Crippen LogP contribution in [0, 0.1) is 0 Å². The monoisotopic (exact) mass is 507 g/mol. The highest BCUT2D eigenvalue weighted by molar-refractivity contribution is 5.00. The van der Waals surface area contributed by atoms with Crippen LogP contribution < -0.4 is 28.3 Å². The van der Waals surface area contributed by atoms with Crippen LogP contribution in [0.2, 0.25) is 0 Å². The predicted molar refractivity (Wildman–Crippen MR) is 120 cm³/mol. The Morgan fingerprint density at radius 2 is 1.46 bits per heavy atom. The number of hydrogen-bond donors (Lipinski definition) is 9. The highest BCUT2D eigenvalue weighted by Gasteiger charge is 2.53. The second kappa shape index (κ2) is 11.0. The molecule has 0 aromatic rings. The first-order chi connectivity index (χ1) is 16.5. The summed E-state index contributed by atoms with van der Waals surface area (Å²) < 4.78 is 29.7. The number of fused-ring (bicyclic) bond motifs is 1. The number of hydrogen-bond acceptors (Lipinski definition) is 14. The van der Waals surface area contributed by atoms with Gasteiger partial charge in [-0.25, -0.2) is 0 Å². The number of likely N-dealkylation sites (N-methyl/N-ethyl adjacent to an activating group) is 1. The molecule has 4 aliphatic rings. The second-order valence-corrected chi connectivity index (χ2v) is 10.2. The SMILES string of the molecule is CNC1C(O[C@H]2OC(C)[C@@H](N)[C@H](O)C2O)O[C@H]2CC(N)[C@@H](O[C@H]3CC(O)[C@H](N)CC3N)OC2C1O. The van der Waals surface area contributed by atoms with E-state index in [1.54, 1.807) is 14.0 Å². The summed E-state index contributed by atoms with van der Waals surface area (Å²) in [7, 11) is 1.62. The molecule has 0 amide bonds. The number of rotatable bonds is 5. The minimum Gasteiger partial charge on any atom is -0.391 e. The maximum absolute atomic E-state index is 11.1. The van der Waals surface area contributed by atoms with E-state index in [2.05, 4.69) is 5.32 Å². The number of ether oxygens (including phenoxy) is 5. The Bertz CT molecular complexity index is 710. The average Bonchev–Trinajstić information content (AvgIpc) is 2.80. The van der Waals surface area contributed by atoms with Crippen molar-refractivity contribution in [1.29, 1.82) is 0 Å². The van der Waals surface area contributed by atoms with Crippen molar-refractivity contribution >= 4 is 0 Å². The van der Waals surface area contributed by atoms with Crippen LogP contribution in [0.5, 0.6) is 0 Å². The Kier molecular flexibility index (Phi) is 8.67. The van der Waals surface area contributed by atoms with Crippen LogP contribution in [0.3, 0.4) is 0 Å². The van der Waals surface area contributed by atoms with Gasteiger partial charge >= 0.3 is 0 Å².